The number of nitrogens with zero attached hydrogens (tertiary/aromatic N) is 6. The van der Waals surface area contributed by atoms with Gasteiger partial charge in [0.25, 0.3) is 0 Å². The normalized spacial score (nSPS) is 15.0. The van der Waals surface area contributed by atoms with Crippen molar-refractivity contribution in [2.75, 3.05) is 42.1 Å². The van der Waals surface area contributed by atoms with Crippen molar-refractivity contribution < 1.29 is 12.8 Å². The van der Waals surface area contributed by atoms with Gasteiger partial charge in [0.15, 0.2) is 5.82 Å². The van der Waals surface area contributed by atoms with Gasteiger partial charge in [0.1, 0.15) is 12.1 Å². The van der Waals surface area contributed by atoms with Gasteiger partial charge in [0, 0.05) is 55.9 Å². The summed E-state index contributed by atoms with van der Waals surface area (Å²) >= 11 is 0. The van der Waals surface area contributed by atoms with Crippen molar-refractivity contribution in [1.29, 1.82) is 0 Å². The first-order chi connectivity index (χ1) is 19.2. The zero-order valence-corrected chi connectivity index (χ0v) is 25.0. The van der Waals surface area contributed by atoms with Gasteiger partial charge in [-0.15, -0.1) is 9.24 Å². The monoisotopic (exact) mass is 583 g/mol. The second-order valence-electron chi connectivity index (χ2n) is 10.1. The molecular weight excluding hydrogens is 548 g/mol. The van der Waals surface area contributed by atoms with Crippen LogP contribution in [-0.4, -0.2) is 71.3 Å². The van der Waals surface area contributed by atoms with Crippen molar-refractivity contribution in [3.05, 3.63) is 55.0 Å². The molecule has 1 N–H and O–H groups in total. The molecule has 1 atom stereocenters. The van der Waals surface area contributed by atoms with Crippen LogP contribution in [0.3, 0.4) is 0 Å². The number of aromatic nitrogens is 4. The van der Waals surface area contributed by atoms with Crippen LogP contribution in [-0.2, 0) is 10.0 Å². The van der Waals surface area contributed by atoms with E-state index in [4.69, 9.17) is 4.98 Å². The molecule has 4 heterocycles. The summed E-state index contributed by atoms with van der Waals surface area (Å²) in [6, 6.07) is 7.41. The number of anilines is 2. The van der Waals surface area contributed by atoms with Crippen LogP contribution in [0.1, 0.15) is 33.1 Å². The predicted octanol–water partition coefficient (Wildman–Crippen LogP) is 4.19. The summed E-state index contributed by atoms with van der Waals surface area (Å²) in [5, 5.41) is 0.576. The number of likely N-dealkylation sites (tertiary alicyclic amines) is 1. The SMILES string of the molecule is CCCS(=O)(=O)Nc1ccc(P)c(-n2cc(-c3cncnc3)c3nc(N(C)C4CCN(CC)CC4)ccc32)c1F. The number of nitrogens with one attached hydrogen (secondary N) is 1. The Morgan fingerprint density at radius 1 is 1.12 bits per heavy atom. The van der Waals surface area contributed by atoms with Crippen molar-refractivity contribution in [3.8, 4) is 16.8 Å². The zero-order chi connectivity index (χ0) is 28.4. The summed E-state index contributed by atoms with van der Waals surface area (Å²) in [7, 11) is 0.955. The minimum Gasteiger partial charge on any atom is -0.357 e. The molecule has 40 heavy (non-hydrogen) atoms. The molecule has 1 aromatic carbocycles. The average molecular weight is 584 g/mol. The van der Waals surface area contributed by atoms with E-state index in [9.17, 15) is 8.42 Å². The quantitative estimate of drug-likeness (QED) is 0.295. The molecule has 1 aliphatic heterocycles. The van der Waals surface area contributed by atoms with Crippen molar-refractivity contribution in [3.63, 3.8) is 0 Å². The van der Waals surface area contributed by atoms with Gasteiger partial charge in [-0.1, -0.05) is 19.9 Å². The van der Waals surface area contributed by atoms with Crippen LogP contribution < -0.4 is 14.9 Å². The topological polar surface area (TPSA) is 96.2 Å². The number of hydrogen-bond acceptors (Lipinski definition) is 7. The molecule has 0 amide bonds. The van der Waals surface area contributed by atoms with E-state index >= 15 is 4.39 Å². The number of halogens is 1. The molecule has 0 spiro atoms. The van der Waals surface area contributed by atoms with E-state index in [1.807, 2.05) is 18.3 Å². The van der Waals surface area contributed by atoms with E-state index in [0.717, 1.165) is 49.4 Å². The Hall–Kier alpha value is -3.14. The van der Waals surface area contributed by atoms with Gasteiger partial charge in [-0.2, -0.15) is 0 Å². The molecule has 3 aromatic heterocycles. The largest absolute Gasteiger partial charge is 0.357 e. The highest BCUT2D eigenvalue weighted by molar-refractivity contribution is 7.92. The lowest BCUT2D eigenvalue weighted by molar-refractivity contribution is 0.220. The number of pyridine rings is 1. The highest BCUT2D eigenvalue weighted by Gasteiger charge is 2.25. The van der Waals surface area contributed by atoms with Crippen LogP contribution in [0.2, 0.25) is 0 Å². The van der Waals surface area contributed by atoms with Gasteiger partial charge < -0.3 is 14.4 Å². The highest BCUT2D eigenvalue weighted by Crippen LogP contribution is 2.35. The molecule has 1 unspecified atom stereocenters. The summed E-state index contributed by atoms with van der Waals surface area (Å²) in [4.78, 5) is 18.1. The molecule has 212 valence electrons. The number of hydrogen-bond donors (Lipinski definition) is 1. The van der Waals surface area contributed by atoms with Crippen LogP contribution >= 0.6 is 9.24 Å². The zero-order valence-electron chi connectivity index (χ0n) is 23.0. The van der Waals surface area contributed by atoms with E-state index in [1.54, 1.807) is 30.0 Å². The lowest BCUT2D eigenvalue weighted by atomic mass is 10.0. The molecular formula is C28H35FN7O2PS. The molecule has 0 radical (unpaired) electrons. The lowest BCUT2D eigenvalue weighted by Crippen LogP contribution is -2.43. The van der Waals surface area contributed by atoms with Crippen molar-refractivity contribution in [2.24, 2.45) is 0 Å². The first-order valence-corrected chi connectivity index (χ1v) is 15.8. The van der Waals surface area contributed by atoms with Crippen LogP contribution in [0.15, 0.2) is 49.2 Å². The highest BCUT2D eigenvalue weighted by atomic mass is 32.2. The van der Waals surface area contributed by atoms with Gasteiger partial charge in [-0.05, 0) is 49.3 Å². The molecule has 0 aliphatic carbocycles. The molecule has 1 fully saturated rings. The van der Waals surface area contributed by atoms with Crippen LogP contribution in [0.4, 0.5) is 15.9 Å². The van der Waals surface area contributed by atoms with Gasteiger partial charge in [0.05, 0.1) is 28.2 Å². The number of rotatable bonds is 9. The molecule has 1 aliphatic rings. The smallest absolute Gasteiger partial charge is 0.232 e. The minimum absolute atomic E-state index is 0.0906. The molecule has 5 rings (SSSR count). The third-order valence-electron chi connectivity index (χ3n) is 7.54. The van der Waals surface area contributed by atoms with E-state index in [2.05, 4.69) is 47.7 Å². The Kier molecular flexibility index (Phi) is 8.35. The van der Waals surface area contributed by atoms with Crippen LogP contribution in [0, 0.1) is 5.82 Å². The molecule has 9 nitrogen and oxygen atoms in total. The standard InChI is InChI=1S/C28H35FN7O2PS/c1-4-14-40(37,38)33-22-6-8-24(39)28(26(22)29)36-17-21(19-15-30-18-31-16-19)27-23(36)7-9-25(32-27)34(3)20-10-12-35(5-2)13-11-20/h6-9,15-18,20,33H,4-5,10-14,39H2,1-3H3. The summed E-state index contributed by atoms with van der Waals surface area (Å²) in [5.41, 5.74) is 3.01. The van der Waals surface area contributed by atoms with Gasteiger partial charge >= 0.3 is 0 Å². The second kappa shape index (κ2) is 11.8. The van der Waals surface area contributed by atoms with E-state index in [0.29, 0.717) is 28.8 Å². The number of piperidine rings is 1. The summed E-state index contributed by atoms with van der Waals surface area (Å²) in [5.74, 6) is 0.0851. The Balaban J connectivity index is 1.62. The fourth-order valence-corrected chi connectivity index (χ4v) is 6.82. The Labute approximate surface area is 237 Å². The molecule has 0 bridgehead atoms. The van der Waals surface area contributed by atoms with Crippen molar-refractivity contribution in [2.45, 2.75) is 39.2 Å². The van der Waals surface area contributed by atoms with Gasteiger partial charge in [-0.25, -0.2) is 27.8 Å². The van der Waals surface area contributed by atoms with Crippen molar-refractivity contribution >= 4 is 47.1 Å². The fraction of sp³-hybridized carbons (Fsp3) is 0.393. The van der Waals surface area contributed by atoms with E-state index in [-0.39, 0.29) is 17.1 Å². The summed E-state index contributed by atoms with van der Waals surface area (Å²) in [6.07, 6.45) is 9.24. The van der Waals surface area contributed by atoms with Crippen LogP contribution in [0.5, 0.6) is 0 Å². The average Bonchev–Trinajstić information content (AvgIpc) is 3.33. The molecule has 4 aromatic rings. The number of fused-ring (bicyclic) bond motifs is 1. The fourth-order valence-electron chi connectivity index (χ4n) is 5.33. The lowest BCUT2D eigenvalue weighted by Gasteiger charge is -2.36. The van der Waals surface area contributed by atoms with Crippen LogP contribution in [0.25, 0.3) is 27.8 Å². The molecule has 12 heteroatoms. The third-order valence-corrected chi connectivity index (χ3v) is 9.49. The predicted molar refractivity (Wildman–Crippen MR) is 163 cm³/mol. The van der Waals surface area contributed by atoms with Gasteiger partial charge in [0.2, 0.25) is 10.0 Å². The summed E-state index contributed by atoms with van der Waals surface area (Å²) in [6.45, 7) is 7.14. The Morgan fingerprint density at radius 2 is 1.85 bits per heavy atom. The number of sulfonamides is 1. The first kappa shape index (κ1) is 28.4. The van der Waals surface area contributed by atoms with Crippen molar-refractivity contribution in [1.82, 2.24) is 24.4 Å². The summed E-state index contributed by atoms with van der Waals surface area (Å²) < 4.78 is 45.0. The minimum atomic E-state index is -3.67. The van der Waals surface area contributed by atoms with E-state index in [1.165, 1.54) is 12.4 Å². The Morgan fingerprint density at radius 3 is 2.52 bits per heavy atom. The molecule has 0 saturated carbocycles. The maximum absolute atomic E-state index is 16.0. The maximum Gasteiger partial charge on any atom is 0.232 e. The van der Waals surface area contributed by atoms with Gasteiger partial charge in [-0.3, -0.25) is 4.72 Å². The molecule has 1 saturated heterocycles. The Bertz CT molecular complexity index is 1610. The first-order valence-electron chi connectivity index (χ1n) is 13.5. The second-order valence-corrected chi connectivity index (χ2v) is 12.6. The number of benzene rings is 1. The maximum atomic E-state index is 16.0. The third kappa shape index (κ3) is 5.68. The van der Waals surface area contributed by atoms with E-state index < -0.39 is 15.8 Å².